The quantitative estimate of drug-likeness (QED) is 0.890. The summed E-state index contributed by atoms with van der Waals surface area (Å²) in [5.41, 5.74) is 4.69. The van der Waals surface area contributed by atoms with E-state index in [4.69, 9.17) is 22.4 Å². The van der Waals surface area contributed by atoms with Gasteiger partial charge in [0.05, 0.1) is 5.56 Å². The molecular formula is C12H8ClF2N3O2. The third-order valence-electron chi connectivity index (χ3n) is 2.57. The minimum absolute atomic E-state index is 0.103. The van der Waals surface area contributed by atoms with E-state index in [2.05, 4.69) is 9.97 Å². The van der Waals surface area contributed by atoms with Crippen molar-refractivity contribution in [2.24, 2.45) is 0 Å². The van der Waals surface area contributed by atoms with Gasteiger partial charge in [-0.15, -0.1) is 0 Å². The van der Waals surface area contributed by atoms with Crippen LogP contribution in [0.5, 0.6) is 0 Å². The number of aromatic carboxylic acids is 1. The molecule has 0 saturated carbocycles. The van der Waals surface area contributed by atoms with Gasteiger partial charge in [0.1, 0.15) is 22.5 Å². The second-order valence-corrected chi connectivity index (χ2v) is 4.36. The summed E-state index contributed by atoms with van der Waals surface area (Å²) in [5.74, 6) is -3.58. The van der Waals surface area contributed by atoms with Gasteiger partial charge < -0.3 is 10.8 Å². The van der Waals surface area contributed by atoms with Crippen LogP contribution in [0.25, 0.3) is 11.4 Å². The lowest BCUT2D eigenvalue weighted by atomic mass is 10.1. The molecule has 1 aromatic carbocycles. The number of nitrogens with two attached hydrogens (primary N) is 1. The van der Waals surface area contributed by atoms with Crippen molar-refractivity contribution in [3.63, 3.8) is 0 Å². The molecule has 8 heteroatoms. The van der Waals surface area contributed by atoms with Gasteiger partial charge in [0, 0.05) is 0 Å². The summed E-state index contributed by atoms with van der Waals surface area (Å²) in [6, 6.07) is 1.83. The third-order valence-corrected chi connectivity index (χ3v) is 2.94. The van der Waals surface area contributed by atoms with Gasteiger partial charge in [0.2, 0.25) is 0 Å². The van der Waals surface area contributed by atoms with Crippen LogP contribution in [0.3, 0.4) is 0 Å². The molecule has 104 valence electrons. The molecule has 2 aromatic rings. The van der Waals surface area contributed by atoms with E-state index in [1.165, 1.54) is 6.92 Å². The van der Waals surface area contributed by atoms with Crippen LogP contribution in [0.1, 0.15) is 16.1 Å². The SMILES string of the molecule is Cc1cc(F)c(-c2nc(N)c(Cl)c(C(=O)O)n2)cc1F. The molecule has 5 nitrogen and oxygen atoms in total. The number of aryl methyl sites for hydroxylation is 1. The normalized spacial score (nSPS) is 10.6. The van der Waals surface area contributed by atoms with Gasteiger partial charge in [-0.05, 0) is 24.6 Å². The minimum Gasteiger partial charge on any atom is -0.476 e. The van der Waals surface area contributed by atoms with Crippen molar-refractivity contribution in [2.75, 3.05) is 5.73 Å². The lowest BCUT2D eigenvalue weighted by molar-refractivity contribution is 0.0690. The Kier molecular flexibility index (Phi) is 3.54. The molecule has 0 atom stereocenters. The largest absolute Gasteiger partial charge is 0.476 e. The number of anilines is 1. The van der Waals surface area contributed by atoms with E-state index < -0.39 is 23.3 Å². The molecule has 1 aromatic heterocycles. The minimum atomic E-state index is -1.45. The molecule has 20 heavy (non-hydrogen) atoms. The summed E-state index contributed by atoms with van der Waals surface area (Å²) in [5, 5.41) is 8.58. The summed E-state index contributed by atoms with van der Waals surface area (Å²) >= 11 is 5.65. The standard InChI is InChI=1S/C12H8ClF2N3O2/c1-4-2-7(15)5(3-6(4)14)11-17-9(12(19)20)8(13)10(16)18-11/h2-3H,1H3,(H,19,20)(H2,16,17,18). The summed E-state index contributed by atoms with van der Waals surface area (Å²) in [4.78, 5) is 18.3. The second kappa shape index (κ2) is 5.01. The lowest BCUT2D eigenvalue weighted by Gasteiger charge is -2.08. The number of carboxylic acid groups (broad SMARTS) is 1. The van der Waals surface area contributed by atoms with Crippen LogP contribution in [0.15, 0.2) is 12.1 Å². The summed E-state index contributed by atoms with van der Waals surface area (Å²) in [6.45, 7) is 1.39. The topological polar surface area (TPSA) is 89.1 Å². The van der Waals surface area contributed by atoms with Crippen molar-refractivity contribution in [2.45, 2.75) is 6.92 Å². The number of hydrogen-bond acceptors (Lipinski definition) is 4. The van der Waals surface area contributed by atoms with E-state index in [-0.39, 0.29) is 27.8 Å². The molecular weight excluding hydrogens is 292 g/mol. The molecule has 1 heterocycles. The molecule has 0 aliphatic rings. The molecule has 0 aliphatic carbocycles. The van der Waals surface area contributed by atoms with Crippen LogP contribution < -0.4 is 5.73 Å². The molecule has 2 rings (SSSR count). The number of aromatic nitrogens is 2. The molecule has 0 unspecified atom stereocenters. The number of rotatable bonds is 2. The van der Waals surface area contributed by atoms with Gasteiger partial charge in [-0.1, -0.05) is 11.6 Å². The first-order valence-electron chi connectivity index (χ1n) is 5.33. The number of nitrogens with zero attached hydrogens (tertiary/aromatic N) is 2. The first-order chi connectivity index (χ1) is 9.31. The maximum atomic E-state index is 13.8. The molecule has 0 bridgehead atoms. The molecule has 0 fully saturated rings. The third kappa shape index (κ3) is 2.39. The lowest BCUT2D eigenvalue weighted by Crippen LogP contribution is -2.08. The summed E-state index contributed by atoms with van der Waals surface area (Å²) < 4.78 is 27.3. The van der Waals surface area contributed by atoms with Gasteiger partial charge in [-0.3, -0.25) is 0 Å². The zero-order valence-electron chi connectivity index (χ0n) is 10.1. The number of hydrogen-bond donors (Lipinski definition) is 2. The van der Waals surface area contributed by atoms with Crippen LogP contribution in [-0.2, 0) is 0 Å². The monoisotopic (exact) mass is 299 g/mol. The van der Waals surface area contributed by atoms with Gasteiger partial charge in [0.15, 0.2) is 11.5 Å². The predicted octanol–water partition coefficient (Wildman–Crippen LogP) is 2.66. The maximum Gasteiger partial charge on any atom is 0.356 e. The Hall–Kier alpha value is -2.28. The Morgan fingerprint density at radius 3 is 2.55 bits per heavy atom. The average Bonchev–Trinajstić information content (AvgIpc) is 2.36. The summed E-state index contributed by atoms with van der Waals surface area (Å²) in [6.07, 6.45) is 0. The first kappa shape index (κ1) is 14.1. The van der Waals surface area contributed by atoms with Crippen molar-refractivity contribution in [3.05, 3.63) is 40.0 Å². The van der Waals surface area contributed by atoms with Gasteiger partial charge in [0.25, 0.3) is 0 Å². The Bertz CT molecular complexity index is 722. The van der Waals surface area contributed by atoms with Gasteiger partial charge in [-0.2, -0.15) is 0 Å². The zero-order chi connectivity index (χ0) is 15.0. The van der Waals surface area contributed by atoms with E-state index in [0.717, 1.165) is 12.1 Å². The van der Waals surface area contributed by atoms with Crippen molar-refractivity contribution >= 4 is 23.4 Å². The fraction of sp³-hybridized carbons (Fsp3) is 0.0833. The highest BCUT2D eigenvalue weighted by molar-refractivity contribution is 6.35. The molecule has 3 N–H and O–H groups in total. The Morgan fingerprint density at radius 2 is 1.95 bits per heavy atom. The molecule has 0 saturated heterocycles. The first-order valence-corrected chi connectivity index (χ1v) is 5.71. The number of benzene rings is 1. The molecule has 0 aliphatic heterocycles. The van der Waals surface area contributed by atoms with E-state index in [0.29, 0.717) is 0 Å². The Labute approximate surface area is 117 Å². The molecule has 0 amide bonds. The number of carboxylic acids is 1. The van der Waals surface area contributed by atoms with Crippen molar-refractivity contribution in [1.29, 1.82) is 0 Å². The Morgan fingerprint density at radius 1 is 1.30 bits per heavy atom. The van der Waals surface area contributed by atoms with Gasteiger partial charge in [-0.25, -0.2) is 23.5 Å². The van der Waals surface area contributed by atoms with Crippen LogP contribution in [0.4, 0.5) is 14.6 Å². The number of nitrogen functional groups attached to an aromatic ring is 1. The van der Waals surface area contributed by atoms with Crippen molar-refractivity contribution in [3.8, 4) is 11.4 Å². The predicted molar refractivity (Wildman–Crippen MR) is 68.5 cm³/mol. The van der Waals surface area contributed by atoms with Crippen LogP contribution in [0.2, 0.25) is 5.02 Å². The van der Waals surface area contributed by atoms with Gasteiger partial charge >= 0.3 is 5.97 Å². The zero-order valence-corrected chi connectivity index (χ0v) is 10.9. The fourth-order valence-corrected chi connectivity index (χ4v) is 1.71. The van der Waals surface area contributed by atoms with E-state index in [9.17, 15) is 13.6 Å². The fourth-order valence-electron chi connectivity index (χ4n) is 1.54. The van der Waals surface area contributed by atoms with Crippen LogP contribution >= 0.6 is 11.6 Å². The second-order valence-electron chi connectivity index (χ2n) is 3.98. The molecule has 0 spiro atoms. The molecule has 0 radical (unpaired) electrons. The number of halogens is 3. The van der Waals surface area contributed by atoms with Crippen molar-refractivity contribution < 1.29 is 18.7 Å². The highest BCUT2D eigenvalue weighted by Crippen LogP contribution is 2.27. The van der Waals surface area contributed by atoms with E-state index >= 15 is 0 Å². The number of carbonyl (C=O) groups is 1. The van der Waals surface area contributed by atoms with Crippen LogP contribution in [0, 0.1) is 18.6 Å². The van der Waals surface area contributed by atoms with E-state index in [1.54, 1.807) is 0 Å². The average molecular weight is 300 g/mol. The summed E-state index contributed by atoms with van der Waals surface area (Å²) in [7, 11) is 0. The smallest absolute Gasteiger partial charge is 0.356 e. The Balaban J connectivity index is 2.71. The highest BCUT2D eigenvalue weighted by atomic mass is 35.5. The maximum absolute atomic E-state index is 13.8. The highest BCUT2D eigenvalue weighted by Gasteiger charge is 2.19. The van der Waals surface area contributed by atoms with Crippen molar-refractivity contribution in [1.82, 2.24) is 9.97 Å². The van der Waals surface area contributed by atoms with E-state index in [1.807, 2.05) is 0 Å². The van der Waals surface area contributed by atoms with Crippen LogP contribution in [-0.4, -0.2) is 21.0 Å².